The normalized spacial score (nSPS) is 13.6. The minimum absolute atomic E-state index is 0.0220. The van der Waals surface area contributed by atoms with E-state index >= 15 is 0 Å². The predicted octanol–water partition coefficient (Wildman–Crippen LogP) is -1.36. The third-order valence-electron chi connectivity index (χ3n) is 4.62. The van der Waals surface area contributed by atoms with Gasteiger partial charge in [-0.15, -0.1) is 0 Å². The van der Waals surface area contributed by atoms with Crippen molar-refractivity contribution in [1.29, 1.82) is 0 Å². The molecule has 0 aromatic heterocycles. The van der Waals surface area contributed by atoms with Crippen LogP contribution in [0.2, 0.25) is 0 Å². The van der Waals surface area contributed by atoms with E-state index in [9.17, 15) is 42.3 Å². The van der Waals surface area contributed by atoms with Crippen molar-refractivity contribution in [3.63, 3.8) is 0 Å². The molecule has 11 nitrogen and oxygen atoms in total. The molecule has 5 amide bonds. The summed E-state index contributed by atoms with van der Waals surface area (Å²) in [5.41, 5.74) is 5.59. The first-order valence-electron chi connectivity index (χ1n) is 10.5. The lowest BCUT2D eigenvalue weighted by molar-refractivity contribution is -0.212. The summed E-state index contributed by atoms with van der Waals surface area (Å²) >= 11 is 0. The van der Waals surface area contributed by atoms with Crippen LogP contribution < -0.4 is 27.0 Å². The van der Waals surface area contributed by atoms with Crippen LogP contribution in [-0.4, -0.2) is 72.1 Å². The Morgan fingerprint density at radius 2 is 1.54 bits per heavy atom. The summed E-state index contributed by atoms with van der Waals surface area (Å²) < 4.78 is 38.6. The maximum atomic E-state index is 12.9. The predicted molar refractivity (Wildman–Crippen MR) is 116 cm³/mol. The van der Waals surface area contributed by atoms with Gasteiger partial charge in [-0.2, -0.15) is 13.2 Å². The van der Waals surface area contributed by atoms with E-state index in [2.05, 4.69) is 16.0 Å². The summed E-state index contributed by atoms with van der Waals surface area (Å²) in [6, 6.07) is 5.48. The Kier molecular flexibility index (Phi) is 11.6. The molecule has 0 saturated carbocycles. The molecular formula is C21H28F3N5O6. The van der Waals surface area contributed by atoms with E-state index in [0.29, 0.717) is 5.56 Å². The van der Waals surface area contributed by atoms with Crippen LogP contribution in [-0.2, 0) is 30.4 Å². The fourth-order valence-electron chi connectivity index (χ4n) is 2.89. The second kappa shape index (κ2) is 13.9. The number of hydrogen-bond donors (Lipinski definition) is 6. The second-order valence-corrected chi connectivity index (χ2v) is 7.60. The molecule has 1 aromatic rings. The zero-order valence-electron chi connectivity index (χ0n) is 18.9. The van der Waals surface area contributed by atoms with E-state index in [1.54, 1.807) is 30.3 Å². The van der Waals surface area contributed by atoms with Gasteiger partial charge in [0.1, 0.15) is 6.04 Å². The first kappa shape index (κ1) is 29.4. The Balaban J connectivity index is 2.81. The molecule has 3 unspecified atom stereocenters. The van der Waals surface area contributed by atoms with Crippen LogP contribution in [0, 0.1) is 0 Å². The minimum atomic E-state index is -5.07. The molecule has 1 rings (SSSR count). The maximum Gasteiger partial charge on any atom is 0.416 e. The van der Waals surface area contributed by atoms with Gasteiger partial charge in [0.25, 0.3) is 0 Å². The molecular weight excluding hydrogens is 475 g/mol. The van der Waals surface area contributed by atoms with Gasteiger partial charge in [-0.1, -0.05) is 30.3 Å². The monoisotopic (exact) mass is 503 g/mol. The molecule has 0 radical (unpaired) electrons. The van der Waals surface area contributed by atoms with E-state index in [1.807, 2.05) is 5.32 Å². The zero-order chi connectivity index (χ0) is 26.6. The molecule has 0 aliphatic rings. The number of carbonyl (C=O) groups is 5. The molecule has 14 heteroatoms. The zero-order valence-corrected chi connectivity index (χ0v) is 18.9. The fourth-order valence-corrected chi connectivity index (χ4v) is 2.89. The average molecular weight is 503 g/mol. The Morgan fingerprint density at radius 3 is 2.09 bits per heavy atom. The van der Waals surface area contributed by atoms with Crippen LogP contribution in [0.5, 0.6) is 0 Å². The van der Waals surface area contributed by atoms with Crippen molar-refractivity contribution in [1.82, 2.24) is 21.3 Å². The Morgan fingerprint density at radius 1 is 0.971 bits per heavy atom. The lowest BCUT2D eigenvalue weighted by atomic mass is 10.0. The molecule has 1 aromatic carbocycles. The van der Waals surface area contributed by atoms with E-state index in [0.717, 1.165) is 0 Å². The third-order valence-corrected chi connectivity index (χ3v) is 4.62. The highest BCUT2D eigenvalue weighted by atomic mass is 19.4. The number of rotatable bonds is 13. The Labute approximate surface area is 199 Å². The molecule has 3 atom stereocenters. The summed E-state index contributed by atoms with van der Waals surface area (Å²) in [5.74, 6) is -3.96. The number of carbonyl (C=O) groups excluding carboxylic acids is 5. The highest BCUT2D eigenvalue weighted by Crippen LogP contribution is 2.24. The number of nitrogens with one attached hydrogen (secondary N) is 4. The smallest absolute Gasteiger partial charge is 0.382 e. The number of benzene rings is 1. The molecule has 35 heavy (non-hydrogen) atoms. The second-order valence-electron chi connectivity index (χ2n) is 7.60. The van der Waals surface area contributed by atoms with Gasteiger partial charge in [0.2, 0.25) is 29.5 Å². The number of aliphatic hydroxyl groups is 1. The van der Waals surface area contributed by atoms with Crippen LogP contribution in [0.25, 0.3) is 0 Å². The highest BCUT2D eigenvalue weighted by molar-refractivity contribution is 5.92. The van der Waals surface area contributed by atoms with Crippen LogP contribution in [0.3, 0.4) is 0 Å². The van der Waals surface area contributed by atoms with Gasteiger partial charge in [0, 0.05) is 19.8 Å². The molecule has 0 heterocycles. The van der Waals surface area contributed by atoms with Crippen molar-refractivity contribution in [2.45, 2.75) is 50.6 Å². The first-order chi connectivity index (χ1) is 16.3. The molecule has 0 bridgehead atoms. The standard InChI is InChI=1S/C21H28F3N5O6/c1-12(30)26-10-17(32)29-15(9-13-5-3-2-4-6-13)20(35)27-11-18(33)28-14(7-8-16(25)31)19(34)21(22,23)24/h2-6,14-15,19,34H,7-11H2,1H3,(H2,25,31)(H,26,30)(H,27,35)(H,28,33)(H,29,32). The van der Waals surface area contributed by atoms with Crippen LogP contribution in [0.1, 0.15) is 25.3 Å². The summed E-state index contributed by atoms with van der Waals surface area (Å²) in [6.07, 6.45) is -9.11. The van der Waals surface area contributed by atoms with Gasteiger partial charge in [-0.3, -0.25) is 24.0 Å². The highest BCUT2D eigenvalue weighted by Gasteiger charge is 2.44. The summed E-state index contributed by atoms with van der Waals surface area (Å²) in [4.78, 5) is 58.8. The molecule has 194 valence electrons. The number of primary amides is 1. The molecule has 0 saturated heterocycles. The Bertz CT molecular complexity index is 897. The molecule has 0 aliphatic carbocycles. The molecule has 7 N–H and O–H groups in total. The van der Waals surface area contributed by atoms with Crippen molar-refractivity contribution < 1.29 is 42.3 Å². The number of nitrogens with two attached hydrogens (primary N) is 1. The molecule has 0 aliphatic heterocycles. The minimum Gasteiger partial charge on any atom is -0.382 e. The largest absolute Gasteiger partial charge is 0.416 e. The van der Waals surface area contributed by atoms with E-state index in [-0.39, 0.29) is 6.42 Å². The average Bonchev–Trinajstić information content (AvgIpc) is 2.77. The van der Waals surface area contributed by atoms with Crippen LogP contribution in [0.15, 0.2) is 30.3 Å². The van der Waals surface area contributed by atoms with E-state index in [4.69, 9.17) is 5.73 Å². The van der Waals surface area contributed by atoms with Gasteiger partial charge in [0.15, 0.2) is 6.10 Å². The first-order valence-corrected chi connectivity index (χ1v) is 10.5. The van der Waals surface area contributed by atoms with Crippen molar-refractivity contribution in [3.8, 4) is 0 Å². The van der Waals surface area contributed by atoms with E-state index in [1.165, 1.54) is 6.92 Å². The van der Waals surface area contributed by atoms with Gasteiger partial charge in [0.05, 0.1) is 19.1 Å². The van der Waals surface area contributed by atoms with Gasteiger partial charge >= 0.3 is 6.18 Å². The quantitative estimate of drug-likeness (QED) is 0.193. The number of aliphatic hydroxyl groups excluding tert-OH is 1. The van der Waals surface area contributed by atoms with Crippen LogP contribution >= 0.6 is 0 Å². The number of alkyl halides is 3. The third kappa shape index (κ3) is 11.8. The lowest BCUT2D eigenvalue weighted by Gasteiger charge is -2.26. The maximum absolute atomic E-state index is 12.9. The van der Waals surface area contributed by atoms with Crippen molar-refractivity contribution in [2.75, 3.05) is 13.1 Å². The SMILES string of the molecule is CC(=O)NCC(=O)NC(Cc1ccccc1)C(=O)NCC(=O)NC(CCC(N)=O)C(O)C(F)(F)F. The van der Waals surface area contributed by atoms with Crippen molar-refractivity contribution in [3.05, 3.63) is 35.9 Å². The van der Waals surface area contributed by atoms with Gasteiger partial charge in [-0.05, 0) is 12.0 Å². The molecule has 0 fully saturated rings. The summed E-state index contributed by atoms with van der Waals surface area (Å²) in [5, 5.41) is 18.3. The number of amides is 5. The molecule has 0 spiro atoms. The van der Waals surface area contributed by atoms with Crippen LogP contribution in [0.4, 0.5) is 13.2 Å². The number of hydrogen-bond acceptors (Lipinski definition) is 6. The fraction of sp³-hybridized carbons (Fsp3) is 0.476. The topological polar surface area (TPSA) is 180 Å². The van der Waals surface area contributed by atoms with E-state index < -0.39 is 79.8 Å². The van der Waals surface area contributed by atoms with Crippen molar-refractivity contribution >= 4 is 29.5 Å². The van der Waals surface area contributed by atoms with Crippen molar-refractivity contribution in [2.24, 2.45) is 5.73 Å². The van der Waals surface area contributed by atoms with Gasteiger partial charge < -0.3 is 32.1 Å². The number of halogens is 3. The van der Waals surface area contributed by atoms with Gasteiger partial charge in [-0.25, -0.2) is 0 Å². The lowest BCUT2D eigenvalue weighted by Crippen LogP contribution is -2.54. The Hall–Kier alpha value is -3.68. The summed E-state index contributed by atoms with van der Waals surface area (Å²) in [6.45, 7) is 0.0288. The summed E-state index contributed by atoms with van der Waals surface area (Å²) in [7, 11) is 0.